The second-order valence-corrected chi connectivity index (χ2v) is 11.4. The summed E-state index contributed by atoms with van der Waals surface area (Å²) in [7, 11) is 0. The predicted octanol–water partition coefficient (Wildman–Crippen LogP) is 4.53. The van der Waals surface area contributed by atoms with E-state index in [-0.39, 0.29) is 45.8 Å². The van der Waals surface area contributed by atoms with Gasteiger partial charge in [0.05, 0.1) is 11.1 Å². The summed E-state index contributed by atoms with van der Waals surface area (Å²) in [6.07, 6.45) is 4.92. The first-order valence-corrected chi connectivity index (χ1v) is 13.5. The highest BCUT2D eigenvalue weighted by atomic mass is 19.1. The highest BCUT2D eigenvalue weighted by molar-refractivity contribution is 5.94. The number of ether oxygens (including phenoxy) is 1. The first-order chi connectivity index (χ1) is 18.8. The lowest BCUT2D eigenvalue weighted by Gasteiger charge is -2.34. The summed E-state index contributed by atoms with van der Waals surface area (Å²) in [6.45, 7) is 7.60. The molecule has 10 heteroatoms. The van der Waals surface area contributed by atoms with Crippen LogP contribution in [0.2, 0.25) is 0 Å². The lowest BCUT2D eigenvalue weighted by atomic mass is 9.94. The van der Waals surface area contributed by atoms with Gasteiger partial charge in [0.1, 0.15) is 35.3 Å². The van der Waals surface area contributed by atoms with Crippen molar-refractivity contribution in [1.29, 1.82) is 0 Å². The molecule has 4 saturated heterocycles. The molecule has 2 aromatic carbocycles. The Balaban J connectivity index is 1.34. The average molecular weight is 538 g/mol. The summed E-state index contributed by atoms with van der Waals surface area (Å²) in [4.78, 5) is 13.5. The number of halogens is 3. The third-order valence-electron chi connectivity index (χ3n) is 8.78. The van der Waals surface area contributed by atoms with Crippen molar-refractivity contribution in [2.75, 3.05) is 37.7 Å². The van der Waals surface area contributed by atoms with Crippen LogP contribution in [0.1, 0.15) is 32.1 Å². The van der Waals surface area contributed by atoms with Crippen LogP contribution in [0.4, 0.5) is 19.0 Å². The predicted molar refractivity (Wildman–Crippen MR) is 141 cm³/mol. The Morgan fingerprint density at radius 3 is 2.69 bits per heavy atom. The van der Waals surface area contributed by atoms with Gasteiger partial charge in [-0.3, -0.25) is 4.90 Å². The smallest absolute Gasteiger partial charge is 0.319 e. The SMILES string of the molecule is C=C1CN2CCCC2(COc2nc(N3C[C@H]4CC[C@@H](C3)N4)c3cc(F)c(-c4cc(O)ccc4F)c(F)c3n2)C1. The molecular formula is C29H30F3N5O2. The van der Waals surface area contributed by atoms with Crippen molar-refractivity contribution in [2.45, 2.75) is 49.7 Å². The summed E-state index contributed by atoms with van der Waals surface area (Å²) >= 11 is 0. The quantitative estimate of drug-likeness (QED) is 0.463. The number of piperazine rings is 1. The number of nitrogens with one attached hydrogen (secondary N) is 1. The molecule has 0 radical (unpaired) electrons. The van der Waals surface area contributed by atoms with E-state index in [1.165, 1.54) is 6.07 Å². The number of rotatable bonds is 5. The first-order valence-electron chi connectivity index (χ1n) is 13.5. The van der Waals surface area contributed by atoms with Crippen LogP contribution in [-0.4, -0.2) is 70.4 Å². The number of aromatic hydroxyl groups is 1. The summed E-state index contributed by atoms with van der Waals surface area (Å²) in [5, 5.41) is 13.7. The highest BCUT2D eigenvalue weighted by Crippen LogP contribution is 2.42. The van der Waals surface area contributed by atoms with E-state index in [4.69, 9.17) is 9.72 Å². The maximum absolute atomic E-state index is 16.1. The molecule has 204 valence electrons. The molecule has 3 aromatic rings. The normalized spacial score (nSPS) is 26.5. The van der Waals surface area contributed by atoms with E-state index in [0.717, 1.165) is 69.0 Å². The first kappa shape index (κ1) is 24.7. The van der Waals surface area contributed by atoms with Crippen LogP contribution >= 0.6 is 0 Å². The fourth-order valence-corrected chi connectivity index (χ4v) is 7.03. The van der Waals surface area contributed by atoms with E-state index >= 15 is 8.78 Å². The van der Waals surface area contributed by atoms with Gasteiger partial charge in [0.2, 0.25) is 0 Å². The zero-order chi connectivity index (χ0) is 26.9. The van der Waals surface area contributed by atoms with Gasteiger partial charge in [-0.25, -0.2) is 13.2 Å². The third kappa shape index (κ3) is 4.12. The Morgan fingerprint density at radius 2 is 1.90 bits per heavy atom. The van der Waals surface area contributed by atoms with Crippen molar-refractivity contribution in [3.05, 3.63) is 53.9 Å². The van der Waals surface area contributed by atoms with E-state index in [0.29, 0.717) is 25.5 Å². The maximum atomic E-state index is 16.1. The Morgan fingerprint density at radius 1 is 1.10 bits per heavy atom. The highest BCUT2D eigenvalue weighted by Gasteiger charge is 2.46. The van der Waals surface area contributed by atoms with Crippen LogP contribution in [0, 0.1) is 17.5 Å². The minimum Gasteiger partial charge on any atom is -0.508 e. The second-order valence-electron chi connectivity index (χ2n) is 11.4. The number of hydrogen-bond donors (Lipinski definition) is 2. The average Bonchev–Trinajstić information content (AvgIpc) is 3.55. The summed E-state index contributed by atoms with van der Waals surface area (Å²) < 4.78 is 52.5. The molecule has 4 aliphatic heterocycles. The second kappa shape index (κ2) is 9.09. The fraction of sp³-hybridized carbons (Fsp3) is 0.448. The molecule has 1 aromatic heterocycles. The molecule has 4 aliphatic rings. The van der Waals surface area contributed by atoms with Gasteiger partial charge in [-0.15, -0.1) is 0 Å². The van der Waals surface area contributed by atoms with Gasteiger partial charge < -0.3 is 20.1 Å². The molecule has 7 nitrogen and oxygen atoms in total. The van der Waals surface area contributed by atoms with E-state index < -0.39 is 23.0 Å². The Labute approximate surface area is 224 Å². The van der Waals surface area contributed by atoms with Gasteiger partial charge in [0, 0.05) is 42.7 Å². The number of phenolic OH excluding ortho intramolecular Hbond substituents is 1. The minimum atomic E-state index is -1.02. The number of nitrogens with zero attached hydrogens (tertiary/aromatic N) is 4. The van der Waals surface area contributed by atoms with E-state index in [2.05, 4.69) is 21.8 Å². The zero-order valence-corrected chi connectivity index (χ0v) is 21.5. The van der Waals surface area contributed by atoms with Gasteiger partial charge in [0.15, 0.2) is 5.82 Å². The summed E-state index contributed by atoms with van der Waals surface area (Å²) in [5.74, 6) is -2.71. The van der Waals surface area contributed by atoms with Crippen molar-refractivity contribution in [2.24, 2.45) is 0 Å². The zero-order valence-electron chi connectivity index (χ0n) is 21.5. The molecule has 0 spiro atoms. The van der Waals surface area contributed by atoms with E-state index in [1.807, 2.05) is 4.90 Å². The van der Waals surface area contributed by atoms with Crippen LogP contribution < -0.4 is 15.0 Å². The molecule has 5 heterocycles. The monoisotopic (exact) mass is 537 g/mol. The fourth-order valence-electron chi connectivity index (χ4n) is 7.03. The summed E-state index contributed by atoms with van der Waals surface area (Å²) in [6, 6.07) is 4.83. The molecule has 4 fully saturated rings. The third-order valence-corrected chi connectivity index (χ3v) is 8.78. The number of fused-ring (bicyclic) bond motifs is 4. The molecule has 39 heavy (non-hydrogen) atoms. The number of phenols is 1. The Hall–Kier alpha value is -3.37. The lowest BCUT2D eigenvalue weighted by Crippen LogP contribution is -2.51. The van der Waals surface area contributed by atoms with Crippen molar-refractivity contribution in [3.63, 3.8) is 0 Å². The van der Waals surface area contributed by atoms with Crippen LogP contribution in [0.5, 0.6) is 11.8 Å². The topological polar surface area (TPSA) is 73.8 Å². The molecule has 7 rings (SSSR count). The number of benzene rings is 2. The van der Waals surface area contributed by atoms with Crippen molar-refractivity contribution in [1.82, 2.24) is 20.2 Å². The van der Waals surface area contributed by atoms with Gasteiger partial charge >= 0.3 is 6.01 Å². The largest absolute Gasteiger partial charge is 0.508 e. The molecular weight excluding hydrogens is 507 g/mol. The number of hydrogen-bond acceptors (Lipinski definition) is 7. The molecule has 0 saturated carbocycles. The minimum absolute atomic E-state index is 0.00922. The number of aromatic nitrogens is 2. The molecule has 2 bridgehead atoms. The Kier molecular flexibility index (Phi) is 5.75. The van der Waals surface area contributed by atoms with Crippen molar-refractivity contribution >= 4 is 16.7 Å². The van der Waals surface area contributed by atoms with Gasteiger partial charge in [-0.2, -0.15) is 9.97 Å². The van der Waals surface area contributed by atoms with Crippen molar-refractivity contribution < 1.29 is 23.0 Å². The van der Waals surface area contributed by atoms with Crippen LogP contribution in [0.3, 0.4) is 0 Å². The van der Waals surface area contributed by atoms with E-state index in [1.54, 1.807) is 0 Å². The molecule has 2 N–H and O–H groups in total. The lowest BCUT2D eigenvalue weighted by molar-refractivity contribution is 0.108. The molecule has 1 unspecified atom stereocenters. The number of anilines is 1. The van der Waals surface area contributed by atoms with Crippen LogP contribution in [-0.2, 0) is 0 Å². The molecule has 0 aliphatic carbocycles. The molecule has 3 atom stereocenters. The van der Waals surface area contributed by atoms with Crippen molar-refractivity contribution in [3.8, 4) is 22.9 Å². The molecule has 0 amide bonds. The summed E-state index contributed by atoms with van der Waals surface area (Å²) in [5.41, 5.74) is -0.120. The van der Waals surface area contributed by atoms with Crippen LogP contribution in [0.25, 0.3) is 22.0 Å². The van der Waals surface area contributed by atoms with Crippen LogP contribution in [0.15, 0.2) is 36.4 Å². The van der Waals surface area contributed by atoms with E-state index in [9.17, 15) is 9.50 Å². The van der Waals surface area contributed by atoms with Gasteiger partial charge in [0.25, 0.3) is 0 Å². The van der Waals surface area contributed by atoms with Gasteiger partial charge in [-0.1, -0.05) is 12.2 Å². The van der Waals surface area contributed by atoms with Gasteiger partial charge in [-0.05, 0) is 62.9 Å². The Bertz CT molecular complexity index is 1490. The standard InChI is InChI=1S/C29H30F3N5O2/c1-16-11-29(7-2-8-37(29)12-16)15-39-28-34-26-21(27(35-28)36-13-17-3-4-18(14-36)33-17)10-23(31)24(25(26)32)20-9-19(38)5-6-22(20)30/h5-6,9-10,17-18,33,38H,1-4,7-8,11-15H2/t17-,18+,29?. The maximum Gasteiger partial charge on any atom is 0.319 e.